The number of fused-ring (bicyclic) bond motifs is 1. The van der Waals surface area contributed by atoms with Crippen LogP contribution in [0.5, 0.6) is 0 Å². The van der Waals surface area contributed by atoms with Gasteiger partial charge in [0.15, 0.2) is 5.78 Å². The second-order valence-electron chi connectivity index (χ2n) is 5.21. The number of benzene rings is 3. The Bertz CT molecular complexity index is 948. The third-order valence-electron chi connectivity index (χ3n) is 3.58. The predicted molar refractivity (Wildman–Crippen MR) is 94.1 cm³/mol. The van der Waals surface area contributed by atoms with E-state index in [-0.39, 0.29) is 11.5 Å². The Balaban J connectivity index is 1.72. The lowest BCUT2D eigenvalue weighted by Crippen LogP contribution is -1.96. The normalized spacial score (nSPS) is 10.8. The summed E-state index contributed by atoms with van der Waals surface area (Å²) in [5.41, 5.74) is 1.13. The summed E-state index contributed by atoms with van der Waals surface area (Å²) in [4.78, 5) is 22.5. The zero-order chi connectivity index (χ0) is 16.9. The van der Waals surface area contributed by atoms with Crippen LogP contribution in [0.4, 0.5) is 11.4 Å². The Labute approximate surface area is 138 Å². The quantitative estimate of drug-likeness (QED) is 0.324. The van der Waals surface area contributed by atoms with Gasteiger partial charge in [-0.05, 0) is 22.9 Å². The Morgan fingerprint density at radius 1 is 0.958 bits per heavy atom. The highest BCUT2D eigenvalue weighted by Crippen LogP contribution is 2.18. The molecule has 0 fully saturated rings. The molecular weight excluding hydrogens is 304 g/mol. The summed E-state index contributed by atoms with van der Waals surface area (Å²) in [5, 5.41) is 15.7. The van der Waals surface area contributed by atoms with Gasteiger partial charge in [-0.25, -0.2) is 0 Å². The smallest absolute Gasteiger partial charge is 0.271 e. The van der Waals surface area contributed by atoms with Crippen molar-refractivity contribution in [3.8, 4) is 0 Å². The van der Waals surface area contributed by atoms with Crippen LogP contribution >= 0.6 is 0 Å². The van der Waals surface area contributed by atoms with Crippen LogP contribution in [0.25, 0.3) is 10.8 Å². The SMILES string of the molecule is O=C(C=CNc1cccc([N+](=O)[O-])c1)c1ccc2ccccc2c1. The van der Waals surface area contributed by atoms with E-state index in [1.165, 1.54) is 24.4 Å². The molecular formula is C19H14N2O3. The molecule has 3 aromatic carbocycles. The van der Waals surface area contributed by atoms with E-state index in [2.05, 4.69) is 5.32 Å². The molecule has 0 radical (unpaired) electrons. The molecule has 0 heterocycles. The number of rotatable bonds is 5. The maximum absolute atomic E-state index is 12.2. The lowest BCUT2D eigenvalue weighted by Gasteiger charge is -2.02. The summed E-state index contributed by atoms with van der Waals surface area (Å²) in [6.07, 6.45) is 2.89. The van der Waals surface area contributed by atoms with Crippen LogP contribution < -0.4 is 5.32 Å². The molecule has 0 unspecified atom stereocenters. The molecule has 5 heteroatoms. The minimum absolute atomic E-state index is 0.00532. The van der Waals surface area contributed by atoms with Crippen molar-refractivity contribution < 1.29 is 9.72 Å². The number of anilines is 1. The summed E-state index contributed by atoms with van der Waals surface area (Å²) in [7, 11) is 0. The number of nitrogens with one attached hydrogen (secondary N) is 1. The number of hydrogen-bond donors (Lipinski definition) is 1. The largest absolute Gasteiger partial charge is 0.361 e. The fourth-order valence-electron chi connectivity index (χ4n) is 2.36. The van der Waals surface area contributed by atoms with Crippen molar-refractivity contribution >= 4 is 27.9 Å². The summed E-state index contributed by atoms with van der Waals surface area (Å²) in [5.74, 6) is -0.140. The monoisotopic (exact) mass is 318 g/mol. The zero-order valence-electron chi connectivity index (χ0n) is 12.7. The number of non-ortho nitro benzene ring substituents is 1. The van der Waals surface area contributed by atoms with Crippen molar-refractivity contribution in [2.45, 2.75) is 0 Å². The molecule has 0 saturated carbocycles. The topological polar surface area (TPSA) is 72.2 Å². The molecule has 1 N–H and O–H groups in total. The van der Waals surface area contributed by atoms with Gasteiger partial charge in [0.25, 0.3) is 5.69 Å². The number of nitrogens with zero attached hydrogens (tertiary/aromatic N) is 1. The van der Waals surface area contributed by atoms with Crippen LogP contribution in [0.2, 0.25) is 0 Å². The highest BCUT2D eigenvalue weighted by atomic mass is 16.6. The number of nitro benzene ring substituents is 1. The number of hydrogen-bond acceptors (Lipinski definition) is 4. The number of carbonyl (C=O) groups excluding carboxylic acids is 1. The molecule has 5 nitrogen and oxygen atoms in total. The van der Waals surface area contributed by atoms with E-state index >= 15 is 0 Å². The molecule has 0 aliphatic rings. The first kappa shape index (κ1) is 15.4. The molecule has 3 aromatic rings. The average Bonchev–Trinajstić information content (AvgIpc) is 2.61. The van der Waals surface area contributed by atoms with E-state index in [9.17, 15) is 14.9 Å². The van der Waals surface area contributed by atoms with E-state index in [1.807, 2.05) is 36.4 Å². The maximum atomic E-state index is 12.2. The van der Waals surface area contributed by atoms with Crippen LogP contribution in [-0.4, -0.2) is 10.7 Å². The Kier molecular flexibility index (Phi) is 4.34. The fraction of sp³-hybridized carbons (Fsp3) is 0. The first-order chi connectivity index (χ1) is 11.6. The zero-order valence-corrected chi connectivity index (χ0v) is 12.7. The Morgan fingerprint density at radius 3 is 2.54 bits per heavy atom. The summed E-state index contributed by atoms with van der Waals surface area (Å²) >= 11 is 0. The van der Waals surface area contributed by atoms with Crippen molar-refractivity contribution in [3.63, 3.8) is 0 Å². The van der Waals surface area contributed by atoms with Crippen LogP contribution in [0.15, 0.2) is 79.0 Å². The Morgan fingerprint density at radius 2 is 1.75 bits per heavy atom. The number of ketones is 1. The molecule has 3 rings (SSSR count). The molecule has 118 valence electrons. The number of allylic oxidation sites excluding steroid dienone is 1. The van der Waals surface area contributed by atoms with E-state index < -0.39 is 4.92 Å². The molecule has 0 aliphatic heterocycles. The van der Waals surface area contributed by atoms with Gasteiger partial charge in [0.05, 0.1) is 4.92 Å². The van der Waals surface area contributed by atoms with Crippen LogP contribution in [0.1, 0.15) is 10.4 Å². The summed E-state index contributed by atoms with van der Waals surface area (Å²) in [6.45, 7) is 0. The standard InChI is InChI=1S/C19H14N2O3/c22-19(16-9-8-14-4-1-2-5-15(14)12-16)10-11-20-17-6-3-7-18(13-17)21(23)24/h1-13,20H. The van der Waals surface area contributed by atoms with E-state index in [1.54, 1.807) is 18.2 Å². The molecule has 0 amide bonds. The maximum Gasteiger partial charge on any atom is 0.271 e. The van der Waals surface area contributed by atoms with E-state index in [4.69, 9.17) is 0 Å². The first-order valence-corrected chi connectivity index (χ1v) is 7.34. The van der Waals surface area contributed by atoms with Crippen LogP contribution in [0, 0.1) is 10.1 Å². The van der Waals surface area contributed by atoms with Gasteiger partial charge in [-0.3, -0.25) is 14.9 Å². The number of carbonyl (C=O) groups is 1. The van der Waals surface area contributed by atoms with Crippen molar-refractivity contribution in [1.82, 2.24) is 0 Å². The fourth-order valence-corrected chi connectivity index (χ4v) is 2.36. The van der Waals surface area contributed by atoms with E-state index in [0.29, 0.717) is 11.3 Å². The second-order valence-corrected chi connectivity index (χ2v) is 5.21. The van der Waals surface area contributed by atoms with Crippen molar-refractivity contribution in [2.24, 2.45) is 0 Å². The summed E-state index contributed by atoms with van der Waals surface area (Å²) in [6, 6.07) is 19.4. The van der Waals surface area contributed by atoms with Gasteiger partial charge >= 0.3 is 0 Å². The highest BCUT2D eigenvalue weighted by molar-refractivity contribution is 6.06. The van der Waals surface area contributed by atoms with Gasteiger partial charge in [-0.1, -0.05) is 42.5 Å². The molecule has 0 aliphatic carbocycles. The second kappa shape index (κ2) is 6.75. The lowest BCUT2D eigenvalue weighted by atomic mass is 10.0. The van der Waals surface area contributed by atoms with Gasteiger partial charge in [-0.2, -0.15) is 0 Å². The highest BCUT2D eigenvalue weighted by Gasteiger charge is 2.05. The van der Waals surface area contributed by atoms with E-state index in [0.717, 1.165) is 10.8 Å². The number of nitro groups is 1. The van der Waals surface area contributed by atoms with Gasteiger partial charge in [0.1, 0.15) is 0 Å². The lowest BCUT2D eigenvalue weighted by molar-refractivity contribution is -0.384. The van der Waals surface area contributed by atoms with Crippen molar-refractivity contribution in [3.05, 3.63) is 94.7 Å². The molecule has 24 heavy (non-hydrogen) atoms. The third-order valence-corrected chi connectivity index (χ3v) is 3.58. The van der Waals surface area contributed by atoms with Crippen molar-refractivity contribution in [1.29, 1.82) is 0 Å². The predicted octanol–water partition coefficient (Wildman–Crippen LogP) is 4.56. The Hall–Kier alpha value is -3.47. The summed E-state index contributed by atoms with van der Waals surface area (Å²) < 4.78 is 0. The van der Waals surface area contributed by atoms with Crippen molar-refractivity contribution in [2.75, 3.05) is 5.32 Å². The average molecular weight is 318 g/mol. The molecule has 0 aromatic heterocycles. The molecule has 0 bridgehead atoms. The van der Waals surface area contributed by atoms with Gasteiger partial charge in [0.2, 0.25) is 0 Å². The molecule has 0 atom stereocenters. The van der Waals surface area contributed by atoms with Gasteiger partial charge < -0.3 is 5.32 Å². The molecule has 0 saturated heterocycles. The first-order valence-electron chi connectivity index (χ1n) is 7.34. The van der Waals surface area contributed by atoms with Gasteiger partial charge in [0, 0.05) is 35.7 Å². The third kappa shape index (κ3) is 3.47. The molecule has 0 spiro atoms. The van der Waals surface area contributed by atoms with Crippen LogP contribution in [-0.2, 0) is 0 Å². The van der Waals surface area contributed by atoms with Crippen LogP contribution in [0.3, 0.4) is 0 Å². The minimum atomic E-state index is -0.463. The minimum Gasteiger partial charge on any atom is -0.361 e. The van der Waals surface area contributed by atoms with Gasteiger partial charge in [-0.15, -0.1) is 0 Å².